The number of fused-ring (bicyclic) bond motifs is 2. The molecule has 2 N–H and O–H groups in total. The number of H-pyrrole nitrogens is 2. The standard InChI is InChI=1S/C23H21N3O2/c27-22-17-6-2-4-8-20(17)24-14-18(22)23(28)26-11-9-15(10-12-26)21-13-16-5-1-3-7-19(16)25-21/h1-8,13-15,25H,9-12H2,(H,24,27). The second kappa shape index (κ2) is 6.68. The van der Waals surface area contributed by atoms with Crippen LogP contribution in [0.2, 0.25) is 0 Å². The largest absolute Gasteiger partial charge is 0.360 e. The van der Waals surface area contributed by atoms with Gasteiger partial charge in [0.25, 0.3) is 5.91 Å². The van der Waals surface area contributed by atoms with E-state index in [0.717, 1.165) is 23.9 Å². The molecule has 1 amide bonds. The van der Waals surface area contributed by atoms with Crippen molar-refractivity contribution in [3.8, 4) is 0 Å². The molecule has 5 rings (SSSR count). The van der Waals surface area contributed by atoms with Gasteiger partial charge >= 0.3 is 0 Å². The van der Waals surface area contributed by atoms with Gasteiger partial charge in [-0.05, 0) is 42.5 Å². The van der Waals surface area contributed by atoms with Gasteiger partial charge < -0.3 is 14.9 Å². The van der Waals surface area contributed by atoms with Crippen LogP contribution in [0.4, 0.5) is 0 Å². The van der Waals surface area contributed by atoms with Crippen molar-refractivity contribution in [2.75, 3.05) is 13.1 Å². The summed E-state index contributed by atoms with van der Waals surface area (Å²) in [6.07, 6.45) is 3.34. The monoisotopic (exact) mass is 371 g/mol. The third-order valence-corrected chi connectivity index (χ3v) is 5.79. The number of aromatic amines is 2. The molecule has 2 aromatic heterocycles. The van der Waals surface area contributed by atoms with Crippen LogP contribution < -0.4 is 5.43 Å². The zero-order valence-electron chi connectivity index (χ0n) is 15.4. The predicted octanol–water partition coefficient (Wildman–Crippen LogP) is 4.03. The average Bonchev–Trinajstić information content (AvgIpc) is 3.18. The Bertz CT molecular complexity index is 1200. The molecule has 0 atom stereocenters. The number of pyridine rings is 1. The summed E-state index contributed by atoms with van der Waals surface area (Å²) in [7, 11) is 0. The lowest BCUT2D eigenvalue weighted by Gasteiger charge is -2.31. The van der Waals surface area contributed by atoms with E-state index < -0.39 is 0 Å². The maximum atomic E-state index is 12.9. The number of hydrogen-bond donors (Lipinski definition) is 2. The van der Waals surface area contributed by atoms with Crippen LogP contribution in [0.5, 0.6) is 0 Å². The van der Waals surface area contributed by atoms with E-state index in [1.807, 2.05) is 30.3 Å². The van der Waals surface area contributed by atoms with Crippen LogP contribution in [0.3, 0.4) is 0 Å². The van der Waals surface area contributed by atoms with Gasteiger partial charge in [-0.25, -0.2) is 0 Å². The minimum absolute atomic E-state index is 0.179. The summed E-state index contributed by atoms with van der Waals surface area (Å²) in [4.78, 5) is 34.1. The molecule has 1 aliphatic heterocycles. The Balaban J connectivity index is 1.34. The number of carbonyl (C=O) groups excluding carboxylic acids is 1. The molecule has 1 aliphatic rings. The van der Waals surface area contributed by atoms with Crippen molar-refractivity contribution < 1.29 is 4.79 Å². The van der Waals surface area contributed by atoms with Crippen molar-refractivity contribution in [1.82, 2.24) is 14.9 Å². The van der Waals surface area contributed by atoms with Crippen molar-refractivity contribution in [3.63, 3.8) is 0 Å². The van der Waals surface area contributed by atoms with Gasteiger partial charge in [0, 0.05) is 47.3 Å². The smallest absolute Gasteiger partial charge is 0.259 e. The molecule has 1 fully saturated rings. The number of carbonyl (C=O) groups is 1. The molecule has 0 saturated carbocycles. The van der Waals surface area contributed by atoms with E-state index in [1.54, 1.807) is 17.2 Å². The fourth-order valence-corrected chi connectivity index (χ4v) is 4.21. The number of piperidine rings is 1. The molecule has 4 aromatic rings. The van der Waals surface area contributed by atoms with Gasteiger partial charge in [0.2, 0.25) is 5.43 Å². The Morgan fingerprint density at radius 3 is 2.46 bits per heavy atom. The van der Waals surface area contributed by atoms with Crippen LogP contribution in [-0.2, 0) is 0 Å². The molecule has 5 nitrogen and oxygen atoms in total. The zero-order chi connectivity index (χ0) is 19.1. The molecule has 0 bridgehead atoms. The number of hydrogen-bond acceptors (Lipinski definition) is 2. The number of rotatable bonds is 2. The minimum atomic E-state index is -0.197. The van der Waals surface area contributed by atoms with Gasteiger partial charge in [-0.3, -0.25) is 9.59 Å². The van der Waals surface area contributed by atoms with E-state index >= 15 is 0 Å². The maximum absolute atomic E-state index is 12.9. The molecule has 1 saturated heterocycles. The van der Waals surface area contributed by atoms with Crippen LogP contribution in [-0.4, -0.2) is 33.9 Å². The summed E-state index contributed by atoms with van der Waals surface area (Å²) in [5.41, 5.74) is 3.16. The summed E-state index contributed by atoms with van der Waals surface area (Å²) in [5.74, 6) is 0.230. The van der Waals surface area contributed by atoms with Gasteiger partial charge in [0.15, 0.2) is 0 Å². The second-order valence-corrected chi connectivity index (χ2v) is 7.46. The molecular formula is C23H21N3O2. The number of benzene rings is 2. The van der Waals surface area contributed by atoms with Gasteiger partial charge in [-0.1, -0.05) is 30.3 Å². The summed E-state index contributed by atoms with van der Waals surface area (Å²) in [6, 6.07) is 17.8. The Morgan fingerprint density at radius 1 is 0.964 bits per heavy atom. The third-order valence-electron chi connectivity index (χ3n) is 5.79. The lowest BCUT2D eigenvalue weighted by Crippen LogP contribution is -2.40. The summed E-state index contributed by atoms with van der Waals surface area (Å²) >= 11 is 0. The van der Waals surface area contributed by atoms with Gasteiger partial charge in [0.05, 0.1) is 0 Å². The van der Waals surface area contributed by atoms with E-state index in [0.29, 0.717) is 24.4 Å². The number of likely N-dealkylation sites (tertiary alicyclic amines) is 1. The minimum Gasteiger partial charge on any atom is -0.360 e. The highest BCUT2D eigenvalue weighted by Gasteiger charge is 2.27. The first-order valence-electron chi connectivity index (χ1n) is 9.68. The first kappa shape index (κ1) is 16.8. The molecule has 0 spiro atoms. The van der Waals surface area contributed by atoms with Crippen molar-refractivity contribution >= 4 is 27.7 Å². The average molecular weight is 371 g/mol. The Kier molecular flexibility index (Phi) is 4.01. The van der Waals surface area contributed by atoms with Crippen molar-refractivity contribution in [2.24, 2.45) is 0 Å². The van der Waals surface area contributed by atoms with Crippen LogP contribution in [0, 0.1) is 0 Å². The lowest BCUT2D eigenvalue weighted by atomic mass is 9.93. The van der Waals surface area contributed by atoms with Crippen LogP contribution in [0.25, 0.3) is 21.8 Å². The highest BCUT2D eigenvalue weighted by atomic mass is 16.2. The highest BCUT2D eigenvalue weighted by molar-refractivity contribution is 5.97. The molecule has 0 radical (unpaired) electrons. The lowest BCUT2D eigenvalue weighted by molar-refractivity contribution is 0.0711. The number of para-hydroxylation sites is 2. The Labute approximate surface area is 162 Å². The molecule has 140 valence electrons. The van der Waals surface area contributed by atoms with Crippen molar-refractivity contribution in [1.29, 1.82) is 0 Å². The first-order valence-corrected chi connectivity index (χ1v) is 9.68. The van der Waals surface area contributed by atoms with Crippen molar-refractivity contribution in [3.05, 3.63) is 82.3 Å². The van der Waals surface area contributed by atoms with Gasteiger partial charge in [0.1, 0.15) is 5.56 Å². The predicted molar refractivity (Wildman–Crippen MR) is 111 cm³/mol. The van der Waals surface area contributed by atoms with E-state index in [2.05, 4.69) is 28.2 Å². The first-order chi connectivity index (χ1) is 13.7. The highest BCUT2D eigenvalue weighted by Crippen LogP contribution is 2.30. The molecule has 3 heterocycles. The van der Waals surface area contributed by atoms with Crippen LogP contribution >= 0.6 is 0 Å². The molecular weight excluding hydrogens is 350 g/mol. The number of nitrogens with zero attached hydrogens (tertiary/aromatic N) is 1. The maximum Gasteiger partial charge on any atom is 0.259 e. The Morgan fingerprint density at radius 2 is 1.68 bits per heavy atom. The topological polar surface area (TPSA) is 69.0 Å². The van der Waals surface area contributed by atoms with Crippen LogP contribution in [0.1, 0.15) is 34.8 Å². The van der Waals surface area contributed by atoms with Gasteiger partial charge in [-0.2, -0.15) is 0 Å². The van der Waals surface area contributed by atoms with E-state index in [1.165, 1.54) is 11.1 Å². The van der Waals surface area contributed by atoms with Crippen molar-refractivity contribution in [2.45, 2.75) is 18.8 Å². The van der Waals surface area contributed by atoms with E-state index in [-0.39, 0.29) is 16.9 Å². The fraction of sp³-hybridized carbons (Fsp3) is 0.217. The summed E-state index contributed by atoms with van der Waals surface area (Å²) in [5, 5.41) is 1.78. The van der Waals surface area contributed by atoms with Gasteiger partial charge in [-0.15, -0.1) is 0 Å². The van der Waals surface area contributed by atoms with E-state index in [4.69, 9.17) is 0 Å². The number of nitrogens with one attached hydrogen (secondary N) is 2. The third kappa shape index (κ3) is 2.80. The quantitative estimate of drug-likeness (QED) is 0.559. The van der Waals surface area contributed by atoms with E-state index in [9.17, 15) is 9.59 Å². The molecule has 0 unspecified atom stereocenters. The second-order valence-electron chi connectivity index (χ2n) is 7.46. The molecule has 2 aromatic carbocycles. The zero-order valence-corrected chi connectivity index (χ0v) is 15.4. The summed E-state index contributed by atoms with van der Waals surface area (Å²) < 4.78 is 0. The number of amides is 1. The summed E-state index contributed by atoms with van der Waals surface area (Å²) in [6.45, 7) is 1.32. The Hall–Kier alpha value is -3.34. The molecule has 0 aliphatic carbocycles. The normalized spacial score (nSPS) is 15.4. The number of aromatic nitrogens is 2. The molecule has 5 heteroatoms. The molecule has 28 heavy (non-hydrogen) atoms. The fourth-order valence-electron chi connectivity index (χ4n) is 4.21. The van der Waals surface area contributed by atoms with Crippen LogP contribution in [0.15, 0.2) is 65.6 Å². The SMILES string of the molecule is O=C(c1c[nH]c2ccccc2c1=O)N1CCC(c2cc3ccccc3[nH]2)CC1.